The maximum absolute atomic E-state index is 11.1. The smallest absolute Gasteiger partial charge is 0.330 e. The molecule has 1 unspecified atom stereocenters. The van der Waals surface area contributed by atoms with Gasteiger partial charge >= 0.3 is 5.97 Å². The van der Waals surface area contributed by atoms with Crippen LogP contribution >= 0.6 is 0 Å². The van der Waals surface area contributed by atoms with Gasteiger partial charge in [0.15, 0.2) is 0 Å². The number of hydrogen-bond acceptors (Lipinski definition) is 4. The average Bonchev–Trinajstić information content (AvgIpc) is 2.49. The third-order valence-corrected chi connectivity index (χ3v) is 1.82. The summed E-state index contributed by atoms with van der Waals surface area (Å²) in [6.45, 7) is 4.90. The Morgan fingerprint density at radius 1 is 1.53 bits per heavy atom. The van der Waals surface area contributed by atoms with Crippen LogP contribution in [0.15, 0.2) is 24.8 Å². The van der Waals surface area contributed by atoms with E-state index in [2.05, 4.69) is 6.58 Å². The van der Waals surface area contributed by atoms with Crippen molar-refractivity contribution in [2.45, 2.75) is 13.0 Å². The third-order valence-electron chi connectivity index (χ3n) is 1.82. The lowest BCUT2D eigenvalue weighted by molar-refractivity contribution is -0.148. The van der Waals surface area contributed by atoms with Crippen LogP contribution in [0, 0.1) is 0 Å². The van der Waals surface area contributed by atoms with Gasteiger partial charge in [-0.2, -0.15) is 0 Å². The highest BCUT2D eigenvalue weighted by atomic mass is 16.5. The molecule has 1 rings (SSSR count). The number of imide groups is 1. The average molecular weight is 209 g/mol. The molecule has 5 heteroatoms. The fourth-order valence-electron chi connectivity index (χ4n) is 1.15. The monoisotopic (exact) mass is 209 g/mol. The van der Waals surface area contributed by atoms with Crippen molar-refractivity contribution < 1.29 is 19.1 Å². The lowest BCUT2D eigenvalue weighted by Gasteiger charge is -2.18. The van der Waals surface area contributed by atoms with E-state index in [9.17, 15) is 14.4 Å². The van der Waals surface area contributed by atoms with Crippen molar-refractivity contribution in [1.29, 1.82) is 0 Å². The molecular weight excluding hydrogens is 198 g/mol. The molecular formula is C10H11NO4. The zero-order valence-electron chi connectivity index (χ0n) is 8.30. The number of ether oxygens (including phenoxy) is 1. The molecule has 1 atom stereocenters. The molecule has 0 saturated heterocycles. The minimum Gasteiger partial charge on any atom is -0.458 e. The van der Waals surface area contributed by atoms with E-state index < -0.39 is 12.1 Å². The van der Waals surface area contributed by atoms with Gasteiger partial charge in [0.25, 0.3) is 11.8 Å². The standard InChI is InChI=1S/C10H11NO4/c1-3-10(14)15-7(2)6-11-8(12)4-5-9(11)13/h3-5,7H,1,6H2,2H3. The first-order chi connectivity index (χ1) is 7.04. The van der Waals surface area contributed by atoms with E-state index in [4.69, 9.17) is 4.74 Å². The van der Waals surface area contributed by atoms with Crippen molar-refractivity contribution in [1.82, 2.24) is 4.90 Å². The van der Waals surface area contributed by atoms with Gasteiger partial charge in [0.2, 0.25) is 0 Å². The molecule has 0 fully saturated rings. The van der Waals surface area contributed by atoms with E-state index in [1.165, 1.54) is 12.2 Å². The number of rotatable bonds is 4. The quantitative estimate of drug-likeness (QED) is 0.372. The summed E-state index contributed by atoms with van der Waals surface area (Å²) in [4.78, 5) is 34.1. The molecule has 0 radical (unpaired) electrons. The van der Waals surface area contributed by atoms with Crippen molar-refractivity contribution in [3.8, 4) is 0 Å². The summed E-state index contributed by atoms with van der Waals surface area (Å²) < 4.78 is 4.83. The van der Waals surface area contributed by atoms with Gasteiger partial charge in [-0.15, -0.1) is 0 Å². The Morgan fingerprint density at radius 3 is 2.53 bits per heavy atom. The van der Waals surface area contributed by atoms with Crippen LogP contribution in [-0.2, 0) is 19.1 Å². The first kappa shape index (κ1) is 11.2. The van der Waals surface area contributed by atoms with Crippen LogP contribution in [0.3, 0.4) is 0 Å². The summed E-state index contributed by atoms with van der Waals surface area (Å²) >= 11 is 0. The summed E-state index contributed by atoms with van der Waals surface area (Å²) in [5.41, 5.74) is 0. The van der Waals surface area contributed by atoms with E-state index >= 15 is 0 Å². The molecule has 1 aliphatic heterocycles. The Labute approximate surface area is 87.0 Å². The van der Waals surface area contributed by atoms with Crippen LogP contribution in [0.25, 0.3) is 0 Å². The van der Waals surface area contributed by atoms with E-state index in [1.807, 2.05) is 0 Å². The molecule has 1 heterocycles. The second-order valence-corrected chi connectivity index (χ2v) is 3.07. The highest BCUT2D eigenvalue weighted by Gasteiger charge is 2.25. The van der Waals surface area contributed by atoms with Crippen molar-refractivity contribution in [3.63, 3.8) is 0 Å². The lowest BCUT2D eigenvalue weighted by Crippen LogP contribution is -2.37. The predicted molar refractivity (Wildman–Crippen MR) is 51.6 cm³/mol. The molecule has 1 aliphatic rings. The van der Waals surface area contributed by atoms with Crippen LogP contribution < -0.4 is 0 Å². The molecule has 0 spiro atoms. The van der Waals surface area contributed by atoms with E-state index in [0.29, 0.717) is 0 Å². The van der Waals surface area contributed by atoms with Crippen LogP contribution in [0.5, 0.6) is 0 Å². The highest BCUT2D eigenvalue weighted by Crippen LogP contribution is 2.06. The zero-order valence-corrected chi connectivity index (χ0v) is 8.30. The Balaban J connectivity index is 2.48. The Morgan fingerprint density at radius 2 is 2.07 bits per heavy atom. The summed E-state index contributed by atoms with van der Waals surface area (Å²) in [6, 6.07) is 0. The van der Waals surface area contributed by atoms with Gasteiger partial charge in [-0.1, -0.05) is 6.58 Å². The molecule has 0 bridgehead atoms. The number of carbonyl (C=O) groups is 3. The second-order valence-electron chi connectivity index (χ2n) is 3.07. The molecule has 0 saturated carbocycles. The van der Waals surface area contributed by atoms with Crippen LogP contribution in [0.1, 0.15) is 6.92 Å². The molecule has 0 aromatic carbocycles. The number of esters is 1. The molecule has 0 N–H and O–H groups in total. The number of hydrogen-bond donors (Lipinski definition) is 0. The first-order valence-corrected chi connectivity index (χ1v) is 4.41. The van der Waals surface area contributed by atoms with E-state index in [-0.39, 0.29) is 18.4 Å². The topological polar surface area (TPSA) is 63.7 Å². The number of amides is 2. The zero-order chi connectivity index (χ0) is 11.4. The molecule has 5 nitrogen and oxygen atoms in total. The van der Waals surface area contributed by atoms with Crippen LogP contribution in [0.4, 0.5) is 0 Å². The third kappa shape index (κ3) is 2.77. The largest absolute Gasteiger partial charge is 0.458 e. The summed E-state index contributed by atoms with van der Waals surface area (Å²) in [5, 5.41) is 0. The van der Waals surface area contributed by atoms with Gasteiger partial charge in [-0.3, -0.25) is 14.5 Å². The van der Waals surface area contributed by atoms with E-state index in [1.54, 1.807) is 6.92 Å². The first-order valence-electron chi connectivity index (χ1n) is 4.41. The van der Waals surface area contributed by atoms with Gasteiger partial charge in [0.1, 0.15) is 6.10 Å². The Hall–Kier alpha value is -1.91. The van der Waals surface area contributed by atoms with Crippen molar-refractivity contribution >= 4 is 17.8 Å². The molecule has 0 aromatic rings. The fourth-order valence-corrected chi connectivity index (χ4v) is 1.15. The minimum absolute atomic E-state index is 0.0598. The predicted octanol–water partition coefficient (Wildman–Crippen LogP) is 0.0291. The van der Waals surface area contributed by atoms with Crippen LogP contribution in [0.2, 0.25) is 0 Å². The summed E-state index contributed by atoms with van der Waals surface area (Å²) in [6.07, 6.45) is 2.86. The maximum Gasteiger partial charge on any atom is 0.330 e. The second kappa shape index (κ2) is 4.54. The summed E-state index contributed by atoms with van der Waals surface area (Å²) in [7, 11) is 0. The SMILES string of the molecule is C=CC(=O)OC(C)CN1C(=O)C=CC1=O. The van der Waals surface area contributed by atoms with Gasteiger partial charge in [0, 0.05) is 18.2 Å². The molecule has 0 aromatic heterocycles. The van der Waals surface area contributed by atoms with Crippen LogP contribution in [-0.4, -0.2) is 35.3 Å². The normalized spacial score (nSPS) is 16.7. The molecule has 80 valence electrons. The molecule has 0 aliphatic carbocycles. The van der Waals surface area contributed by atoms with Gasteiger partial charge in [-0.05, 0) is 6.92 Å². The van der Waals surface area contributed by atoms with Crippen molar-refractivity contribution in [2.24, 2.45) is 0 Å². The number of carbonyl (C=O) groups excluding carboxylic acids is 3. The van der Waals surface area contributed by atoms with Gasteiger partial charge < -0.3 is 4.74 Å². The van der Waals surface area contributed by atoms with E-state index in [0.717, 1.165) is 11.0 Å². The highest BCUT2D eigenvalue weighted by molar-refractivity contribution is 6.12. The summed E-state index contributed by atoms with van der Waals surface area (Å²) in [5.74, 6) is -1.35. The Bertz CT molecular complexity index is 327. The Kier molecular flexibility index (Phi) is 3.38. The maximum atomic E-state index is 11.1. The van der Waals surface area contributed by atoms with Gasteiger partial charge in [-0.25, -0.2) is 4.79 Å². The minimum atomic E-state index is -0.574. The number of nitrogens with zero attached hydrogens (tertiary/aromatic N) is 1. The van der Waals surface area contributed by atoms with Gasteiger partial charge in [0.05, 0.1) is 6.54 Å². The van der Waals surface area contributed by atoms with Crippen molar-refractivity contribution in [3.05, 3.63) is 24.8 Å². The molecule has 2 amide bonds. The lowest BCUT2D eigenvalue weighted by atomic mass is 10.3. The molecule has 15 heavy (non-hydrogen) atoms. The fraction of sp³-hybridized carbons (Fsp3) is 0.300. The van der Waals surface area contributed by atoms with Crippen molar-refractivity contribution in [2.75, 3.05) is 6.54 Å².